The van der Waals surface area contributed by atoms with Crippen LogP contribution < -0.4 is 14.5 Å². The van der Waals surface area contributed by atoms with E-state index in [1.165, 1.54) is 0 Å². The topological polar surface area (TPSA) is 89.5 Å². The second-order valence-corrected chi connectivity index (χ2v) is 8.87. The molecular formula is C24H23O5P-2. The Morgan fingerprint density at radius 2 is 1.67 bits per heavy atom. The van der Waals surface area contributed by atoms with Crippen LogP contribution in [0.2, 0.25) is 0 Å². The third-order valence-electron chi connectivity index (χ3n) is 4.94. The van der Waals surface area contributed by atoms with Crippen molar-refractivity contribution in [2.75, 3.05) is 6.16 Å². The molecule has 0 aromatic heterocycles. The van der Waals surface area contributed by atoms with Crippen molar-refractivity contribution in [1.29, 1.82) is 0 Å². The number of ether oxygens (including phenoxy) is 1. The van der Waals surface area contributed by atoms with Gasteiger partial charge in [-0.3, -0.25) is 4.79 Å². The summed E-state index contributed by atoms with van der Waals surface area (Å²) >= 11 is 0. The normalized spacial score (nSPS) is 12.4. The van der Waals surface area contributed by atoms with Gasteiger partial charge in [0.2, 0.25) is 0 Å². The third kappa shape index (κ3) is 6.14. The van der Waals surface area contributed by atoms with Crippen LogP contribution in [0.15, 0.2) is 78.9 Å². The van der Waals surface area contributed by atoms with Crippen molar-refractivity contribution in [2.45, 2.75) is 25.9 Å². The minimum absolute atomic E-state index is 0.0525. The smallest absolute Gasteiger partial charge is 0.170 e. The van der Waals surface area contributed by atoms with E-state index in [9.17, 15) is 19.1 Å². The van der Waals surface area contributed by atoms with Gasteiger partial charge in [-0.2, -0.15) is 0 Å². The molecule has 0 heterocycles. The molecule has 3 aromatic rings. The van der Waals surface area contributed by atoms with Crippen LogP contribution in [0.3, 0.4) is 0 Å². The fraction of sp³-hybridized carbons (Fsp3) is 0.208. The Morgan fingerprint density at radius 1 is 0.967 bits per heavy atom. The highest BCUT2D eigenvalue weighted by atomic mass is 31.2. The maximum Gasteiger partial charge on any atom is 0.170 e. The van der Waals surface area contributed by atoms with Crippen molar-refractivity contribution in [2.24, 2.45) is 0 Å². The summed E-state index contributed by atoms with van der Waals surface area (Å²) < 4.78 is 17.0. The molecule has 3 rings (SSSR count). The highest BCUT2D eigenvalue weighted by Gasteiger charge is 2.24. The zero-order valence-electron chi connectivity index (χ0n) is 16.7. The quantitative estimate of drug-likeness (QED) is 0.386. The van der Waals surface area contributed by atoms with Gasteiger partial charge in [-0.05, 0) is 48.3 Å². The molecule has 0 saturated carbocycles. The molecule has 1 atom stereocenters. The molecule has 0 aliphatic heterocycles. The number of aryl methyl sites for hydroxylation is 1. The predicted molar refractivity (Wildman–Crippen MR) is 113 cm³/mol. The van der Waals surface area contributed by atoms with E-state index in [0.717, 1.165) is 16.7 Å². The zero-order chi connectivity index (χ0) is 21.6. The Hall–Kier alpha value is -2.72. The number of ketones is 1. The first-order valence-electron chi connectivity index (χ1n) is 9.71. The molecule has 30 heavy (non-hydrogen) atoms. The summed E-state index contributed by atoms with van der Waals surface area (Å²) in [4.78, 5) is 35.7. The van der Waals surface area contributed by atoms with Gasteiger partial charge in [0, 0.05) is 11.5 Å². The average Bonchev–Trinajstić information content (AvgIpc) is 2.73. The zero-order valence-corrected chi connectivity index (χ0v) is 17.6. The molecular weight excluding hydrogens is 399 g/mol. The van der Waals surface area contributed by atoms with Crippen molar-refractivity contribution in [3.05, 3.63) is 101 Å². The number of hydrogen-bond donors (Lipinski definition) is 0. The van der Waals surface area contributed by atoms with Gasteiger partial charge >= 0.3 is 0 Å². The van der Waals surface area contributed by atoms with Crippen LogP contribution >= 0.6 is 7.60 Å². The summed E-state index contributed by atoms with van der Waals surface area (Å²) in [6.07, 6.45) is -0.620. The molecule has 0 fully saturated rings. The van der Waals surface area contributed by atoms with E-state index in [1.807, 2.05) is 49.4 Å². The van der Waals surface area contributed by atoms with Crippen LogP contribution in [-0.2, 0) is 11.2 Å². The Kier molecular flexibility index (Phi) is 7.22. The molecule has 156 valence electrons. The summed E-state index contributed by atoms with van der Waals surface area (Å²) in [6, 6.07) is 23.8. The summed E-state index contributed by atoms with van der Waals surface area (Å²) in [5, 5.41) is 0. The lowest BCUT2D eigenvalue weighted by atomic mass is 9.86. The summed E-state index contributed by atoms with van der Waals surface area (Å²) in [5.41, 5.74) is 3.03. The molecule has 5 nitrogen and oxygen atoms in total. The van der Waals surface area contributed by atoms with E-state index < -0.39 is 19.7 Å². The van der Waals surface area contributed by atoms with Gasteiger partial charge in [0.1, 0.15) is 12.4 Å². The van der Waals surface area contributed by atoms with Crippen LogP contribution in [-0.4, -0.2) is 11.9 Å². The number of benzene rings is 3. The third-order valence-corrected chi connectivity index (χ3v) is 5.74. The number of carbonyl (C=O) groups excluding carboxylic acids is 1. The molecule has 0 aliphatic carbocycles. The van der Waals surface area contributed by atoms with Crippen LogP contribution in [0.5, 0.6) is 5.75 Å². The van der Waals surface area contributed by atoms with Crippen LogP contribution in [0.25, 0.3) is 0 Å². The Bertz CT molecular complexity index is 1040. The summed E-state index contributed by atoms with van der Waals surface area (Å²) in [5.74, 6) is -0.402. The Morgan fingerprint density at radius 3 is 2.37 bits per heavy atom. The fourth-order valence-corrected chi connectivity index (χ4v) is 3.95. The first kappa shape index (κ1) is 22.0. The number of hydrogen-bond acceptors (Lipinski definition) is 5. The highest BCUT2D eigenvalue weighted by Crippen LogP contribution is 2.34. The lowest BCUT2D eigenvalue weighted by Crippen LogP contribution is -2.21. The number of Topliss-reactive ketones (excluding diaryl/α,β-unsaturated/α-hetero) is 1. The van der Waals surface area contributed by atoms with Gasteiger partial charge in [-0.15, -0.1) is 0 Å². The molecule has 0 saturated heterocycles. The van der Waals surface area contributed by atoms with Crippen molar-refractivity contribution in [1.82, 2.24) is 0 Å². The molecule has 0 amide bonds. The highest BCUT2D eigenvalue weighted by molar-refractivity contribution is 7.48. The van der Waals surface area contributed by atoms with E-state index in [4.69, 9.17) is 4.74 Å². The minimum Gasteiger partial charge on any atom is -0.811 e. The van der Waals surface area contributed by atoms with Gasteiger partial charge in [-0.1, -0.05) is 74.3 Å². The SMILES string of the molecule is Cc1ccccc1C(CCP(=O)([O-])[O-])C(=O)c1cccc(OCc2ccccc2)c1. The fourth-order valence-electron chi connectivity index (χ4n) is 3.37. The molecule has 0 radical (unpaired) electrons. The van der Waals surface area contributed by atoms with Crippen LogP contribution in [0.1, 0.15) is 39.4 Å². The van der Waals surface area contributed by atoms with Gasteiger partial charge in [0.25, 0.3) is 0 Å². The molecule has 0 bridgehead atoms. The van der Waals surface area contributed by atoms with Gasteiger partial charge in [-0.25, -0.2) is 0 Å². The second kappa shape index (κ2) is 9.86. The Balaban J connectivity index is 1.83. The van der Waals surface area contributed by atoms with Crippen molar-refractivity contribution >= 4 is 13.4 Å². The number of rotatable bonds is 9. The maximum absolute atomic E-state index is 13.3. The molecule has 1 unspecified atom stereocenters. The summed E-state index contributed by atoms with van der Waals surface area (Å²) in [7, 11) is -4.72. The molecule has 3 aromatic carbocycles. The van der Waals surface area contributed by atoms with E-state index in [-0.39, 0.29) is 12.2 Å². The van der Waals surface area contributed by atoms with Gasteiger partial charge < -0.3 is 19.1 Å². The Labute approximate surface area is 176 Å². The van der Waals surface area contributed by atoms with Crippen molar-refractivity contribution < 1.29 is 23.9 Å². The van der Waals surface area contributed by atoms with E-state index >= 15 is 0 Å². The minimum atomic E-state index is -4.72. The van der Waals surface area contributed by atoms with E-state index in [0.29, 0.717) is 17.9 Å². The lowest BCUT2D eigenvalue weighted by Gasteiger charge is -2.31. The summed E-state index contributed by atoms with van der Waals surface area (Å²) in [6.45, 7) is 2.23. The van der Waals surface area contributed by atoms with E-state index in [2.05, 4.69) is 0 Å². The van der Waals surface area contributed by atoms with Gasteiger partial charge in [0.15, 0.2) is 5.78 Å². The molecule has 0 spiro atoms. The number of carbonyl (C=O) groups is 1. The predicted octanol–water partition coefficient (Wildman–Crippen LogP) is 3.84. The van der Waals surface area contributed by atoms with Gasteiger partial charge in [0.05, 0.1) is 0 Å². The average molecular weight is 422 g/mol. The maximum atomic E-state index is 13.3. The standard InChI is InChI=1S/C24H25O5P/c1-18-8-5-6-13-22(18)23(14-15-30(26,27)28)24(25)20-11-7-12-21(16-20)29-17-19-9-3-2-4-10-19/h2-13,16,23H,14-15,17H2,1H3,(H2,26,27,28)/p-2. The van der Waals surface area contributed by atoms with E-state index in [1.54, 1.807) is 36.4 Å². The first-order valence-corrected chi connectivity index (χ1v) is 11.4. The first-order chi connectivity index (χ1) is 14.3. The molecule has 6 heteroatoms. The monoisotopic (exact) mass is 422 g/mol. The largest absolute Gasteiger partial charge is 0.811 e. The van der Waals surface area contributed by atoms with Crippen LogP contribution in [0, 0.1) is 6.92 Å². The van der Waals surface area contributed by atoms with Crippen molar-refractivity contribution in [3.8, 4) is 5.75 Å². The molecule has 0 N–H and O–H groups in total. The van der Waals surface area contributed by atoms with Crippen molar-refractivity contribution in [3.63, 3.8) is 0 Å². The second-order valence-electron chi connectivity index (χ2n) is 7.20. The lowest BCUT2D eigenvalue weighted by molar-refractivity contribution is -0.313. The van der Waals surface area contributed by atoms with Crippen LogP contribution in [0.4, 0.5) is 0 Å². The molecule has 0 aliphatic rings.